The van der Waals surface area contributed by atoms with Crippen molar-refractivity contribution in [1.82, 2.24) is 4.90 Å². The van der Waals surface area contributed by atoms with Crippen LogP contribution in [0.15, 0.2) is 54.6 Å². The van der Waals surface area contributed by atoms with Crippen LogP contribution < -0.4 is 10.1 Å². The summed E-state index contributed by atoms with van der Waals surface area (Å²) in [5.74, 6) is 0.0454. The Labute approximate surface area is 133 Å². The average Bonchev–Trinajstić information content (AvgIpc) is 2.55. The fraction of sp³-hybridized carbons (Fsp3) is 0.235. The summed E-state index contributed by atoms with van der Waals surface area (Å²) in [7, 11) is 1.70. The maximum Gasteiger partial charge on any atom is 0.387 e. The molecule has 0 radical (unpaired) electrons. The highest BCUT2D eigenvalue weighted by molar-refractivity contribution is 5.89. The quantitative estimate of drug-likeness (QED) is 0.880. The van der Waals surface area contributed by atoms with Crippen LogP contribution in [0, 0.1) is 0 Å². The Morgan fingerprint density at radius 3 is 2.26 bits per heavy atom. The summed E-state index contributed by atoms with van der Waals surface area (Å²) in [5, 5.41) is 2.72. The van der Waals surface area contributed by atoms with Crippen molar-refractivity contribution in [2.24, 2.45) is 0 Å². The monoisotopic (exact) mass is 320 g/mol. The van der Waals surface area contributed by atoms with E-state index in [1.807, 2.05) is 37.3 Å². The SMILES string of the molecule is C[C@H](c1ccccc1)N(C)C(=O)Nc1ccc(OC(F)F)cc1. The Morgan fingerprint density at radius 1 is 1.09 bits per heavy atom. The molecule has 0 saturated carbocycles. The van der Waals surface area contributed by atoms with Gasteiger partial charge in [-0.2, -0.15) is 8.78 Å². The molecule has 0 fully saturated rings. The molecule has 4 nitrogen and oxygen atoms in total. The third-order valence-corrected chi connectivity index (χ3v) is 3.51. The second-order valence-corrected chi connectivity index (χ2v) is 5.03. The molecule has 1 N–H and O–H groups in total. The highest BCUT2D eigenvalue weighted by atomic mass is 19.3. The normalized spacial score (nSPS) is 11.9. The predicted molar refractivity (Wildman–Crippen MR) is 84.7 cm³/mol. The van der Waals surface area contributed by atoms with Crippen LogP contribution in [0.25, 0.3) is 0 Å². The summed E-state index contributed by atoms with van der Waals surface area (Å²) < 4.78 is 28.4. The topological polar surface area (TPSA) is 41.6 Å². The lowest BCUT2D eigenvalue weighted by Crippen LogP contribution is -2.33. The van der Waals surface area contributed by atoms with Gasteiger partial charge in [-0.05, 0) is 36.8 Å². The lowest BCUT2D eigenvalue weighted by atomic mass is 10.1. The number of anilines is 1. The van der Waals surface area contributed by atoms with Gasteiger partial charge in [-0.1, -0.05) is 30.3 Å². The smallest absolute Gasteiger partial charge is 0.387 e. The van der Waals surface area contributed by atoms with Crippen LogP contribution in [-0.2, 0) is 0 Å². The number of nitrogens with one attached hydrogen (secondary N) is 1. The first-order chi connectivity index (χ1) is 11.0. The van der Waals surface area contributed by atoms with Gasteiger partial charge >= 0.3 is 12.6 Å². The molecular weight excluding hydrogens is 302 g/mol. The fourth-order valence-corrected chi connectivity index (χ4v) is 2.06. The third kappa shape index (κ3) is 4.67. The van der Waals surface area contributed by atoms with Gasteiger partial charge in [-0.15, -0.1) is 0 Å². The van der Waals surface area contributed by atoms with Crippen LogP contribution in [0.2, 0.25) is 0 Å². The van der Waals surface area contributed by atoms with Gasteiger partial charge in [0.2, 0.25) is 0 Å². The first kappa shape index (κ1) is 16.7. The van der Waals surface area contributed by atoms with E-state index in [1.165, 1.54) is 24.3 Å². The number of carbonyl (C=O) groups excluding carboxylic acids is 1. The van der Waals surface area contributed by atoms with Crippen molar-refractivity contribution in [2.75, 3.05) is 12.4 Å². The molecule has 0 heterocycles. The molecule has 1 atom stereocenters. The van der Waals surface area contributed by atoms with E-state index in [0.29, 0.717) is 5.69 Å². The Bertz CT molecular complexity index is 633. The predicted octanol–water partition coefficient (Wildman–Crippen LogP) is 4.51. The number of hydrogen-bond acceptors (Lipinski definition) is 2. The second kappa shape index (κ2) is 7.58. The largest absolute Gasteiger partial charge is 0.435 e. The molecule has 0 aromatic heterocycles. The molecule has 0 unspecified atom stereocenters. The summed E-state index contributed by atoms with van der Waals surface area (Å²) in [6.45, 7) is -0.942. The number of alkyl halides is 2. The van der Waals surface area contributed by atoms with Gasteiger partial charge < -0.3 is 15.0 Å². The molecule has 2 aromatic carbocycles. The van der Waals surface area contributed by atoms with Crippen LogP contribution in [-0.4, -0.2) is 24.6 Å². The molecule has 122 valence electrons. The first-order valence-electron chi connectivity index (χ1n) is 7.11. The maximum atomic E-state index is 12.3. The van der Waals surface area contributed by atoms with Gasteiger partial charge in [-0.3, -0.25) is 0 Å². The zero-order valence-corrected chi connectivity index (χ0v) is 12.9. The van der Waals surface area contributed by atoms with E-state index in [4.69, 9.17) is 0 Å². The van der Waals surface area contributed by atoms with Crippen molar-refractivity contribution in [3.63, 3.8) is 0 Å². The van der Waals surface area contributed by atoms with Gasteiger partial charge in [0.25, 0.3) is 0 Å². The van der Waals surface area contributed by atoms with Crippen LogP contribution in [0.4, 0.5) is 19.3 Å². The second-order valence-electron chi connectivity index (χ2n) is 5.03. The van der Waals surface area contributed by atoms with Crippen molar-refractivity contribution < 1.29 is 18.3 Å². The molecule has 0 aliphatic rings. The van der Waals surface area contributed by atoms with Crippen LogP contribution in [0.1, 0.15) is 18.5 Å². The van der Waals surface area contributed by atoms with Gasteiger partial charge in [0, 0.05) is 12.7 Å². The van der Waals surface area contributed by atoms with Crippen molar-refractivity contribution in [2.45, 2.75) is 19.6 Å². The van der Waals surface area contributed by atoms with E-state index in [2.05, 4.69) is 10.1 Å². The summed E-state index contributed by atoms with van der Waals surface area (Å²) in [5.41, 5.74) is 1.52. The lowest BCUT2D eigenvalue weighted by Gasteiger charge is -2.25. The van der Waals surface area contributed by atoms with Crippen molar-refractivity contribution >= 4 is 11.7 Å². The molecular formula is C17H18F2N2O2. The van der Waals surface area contributed by atoms with Crippen LogP contribution in [0.3, 0.4) is 0 Å². The zero-order valence-electron chi connectivity index (χ0n) is 12.9. The molecule has 6 heteroatoms. The molecule has 23 heavy (non-hydrogen) atoms. The van der Waals surface area contributed by atoms with Crippen molar-refractivity contribution in [3.8, 4) is 5.75 Å². The van der Waals surface area contributed by atoms with Crippen LogP contribution in [0.5, 0.6) is 5.75 Å². The summed E-state index contributed by atoms with van der Waals surface area (Å²) in [4.78, 5) is 13.8. The number of benzene rings is 2. The Kier molecular flexibility index (Phi) is 5.51. The summed E-state index contributed by atoms with van der Waals surface area (Å²) in [6, 6.07) is 15.0. The maximum absolute atomic E-state index is 12.3. The Hall–Kier alpha value is -2.63. The van der Waals surface area contributed by atoms with E-state index in [0.717, 1.165) is 5.56 Å². The molecule has 0 aliphatic heterocycles. The van der Waals surface area contributed by atoms with E-state index in [9.17, 15) is 13.6 Å². The Balaban J connectivity index is 1.98. The minimum atomic E-state index is -2.87. The van der Waals surface area contributed by atoms with E-state index in [-0.39, 0.29) is 17.8 Å². The number of ether oxygens (including phenoxy) is 1. The van der Waals surface area contributed by atoms with E-state index in [1.54, 1.807) is 11.9 Å². The standard InChI is InChI=1S/C17H18F2N2O2/c1-12(13-6-4-3-5-7-13)21(2)17(22)20-14-8-10-15(11-9-14)23-16(18)19/h3-12,16H,1-2H3,(H,20,22)/t12-/m1/s1. The number of urea groups is 1. The van der Waals surface area contributed by atoms with Gasteiger partial charge in [0.15, 0.2) is 0 Å². The zero-order chi connectivity index (χ0) is 16.8. The van der Waals surface area contributed by atoms with Gasteiger partial charge in [0.1, 0.15) is 5.75 Å². The highest BCUT2D eigenvalue weighted by Gasteiger charge is 2.17. The van der Waals surface area contributed by atoms with Crippen molar-refractivity contribution in [3.05, 3.63) is 60.2 Å². The Morgan fingerprint density at radius 2 is 1.70 bits per heavy atom. The van der Waals surface area contributed by atoms with E-state index < -0.39 is 6.61 Å². The highest BCUT2D eigenvalue weighted by Crippen LogP contribution is 2.21. The number of nitrogens with zero attached hydrogens (tertiary/aromatic N) is 1. The first-order valence-corrected chi connectivity index (χ1v) is 7.11. The molecule has 2 amide bonds. The minimum Gasteiger partial charge on any atom is -0.435 e. The minimum absolute atomic E-state index is 0.0454. The van der Waals surface area contributed by atoms with Crippen molar-refractivity contribution in [1.29, 1.82) is 0 Å². The van der Waals surface area contributed by atoms with E-state index >= 15 is 0 Å². The number of hydrogen-bond donors (Lipinski definition) is 1. The number of halogens is 2. The summed E-state index contributed by atoms with van der Waals surface area (Å²) >= 11 is 0. The summed E-state index contributed by atoms with van der Waals surface area (Å²) in [6.07, 6.45) is 0. The molecule has 0 saturated heterocycles. The number of rotatable bonds is 5. The van der Waals surface area contributed by atoms with Gasteiger partial charge in [0.05, 0.1) is 6.04 Å². The third-order valence-electron chi connectivity index (χ3n) is 3.51. The molecule has 0 bridgehead atoms. The van der Waals surface area contributed by atoms with Crippen LogP contribution >= 0.6 is 0 Å². The molecule has 0 spiro atoms. The van der Waals surface area contributed by atoms with Gasteiger partial charge in [-0.25, -0.2) is 4.79 Å². The molecule has 2 aromatic rings. The average molecular weight is 320 g/mol. The molecule has 0 aliphatic carbocycles. The number of amides is 2. The fourth-order valence-electron chi connectivity index (χ4n) is 2.06. The molecule has 2 rings (SSSR count). The number of carbonyl (C=O) groups is 1. The lowest BCUT2D eigenvalue weighted by molar-refractivity contribution is -0.0498.